The zero-order chi connectivity index (χ0) is 25.5. The third-order valence-electron chi connectivity index (χ3n) is 7.27. The van der Waals surface area contributed by atoms with Gasteiger partial charge in [-0.25, -0.2) is 4.79 Å². The largest absolute Gasteiger partial charge is 0.449 e. The summed E-state index contributed by atoms with van der Waals surface area (Å²) in [5.74, 6) is 0.0126. The Balaban J connectivity index is 1.36. The second kappa shape index (κ2) is 11.3. The lowest BCUT2D eigenvalue weighted by atomic mass is 9.72. The van der Waals surface area contributed by atoms with Crippen LogP contribution >= 0.6 is 0 Å². The molecule has 186 valence electrons. The van der Waals surface area contributed by atoms with Crippen LogP contribution in [0.1, 0.15) is 34.6 Å². The van der Waals surface area contributed by atoms with E-state index < -0.39 is 11.5 Å². The first-order valence-electron chi connectivity index (χ1n) is 12.7. The summed E-state index contributed by atoms with van der Waals surface area (Å²) in [4.78, 5) is 13.1. The van der Waals surface area contributed by atoms with Crippen molar-refractivity contribution < 1.29 is 14.6 Å². The van der Waals surface area contributed by atoms with E-state index in [-0.39, 0.29) is 19.1 Å². The van der Waals surface area contributed by atoms with Crippen LogP contribution in [0.5, 0.6) is 0 Å². The molecule has 5 rings (SSSR count). The molecule has 4 nitrogen and oxygen atoms in total. The van der Waals surface area contributed by atoms with E-state index in [0.717, 1.165) is 11.1 Å². The molecule has 0 saturated heterocycles. The normalized spacial score (nSPS) is 12.8. The molecule has 37 heavy (non-hydrogen) atoms. The van der Waals surface area contributed by atoms with Crippen molar-refractivity contribution in [2.24, 2.45) is 0 Å². The van der Waals surface area contributed by atoms with E-state index in [1.165, 1.54) is 22.3 Å². The average molecular weight is 490 g/mol. The molecule has 0 aliphatic heterocycles. The predicted octanol–water partition coefficient (Wildman–Crippen LogP) is 6.45. The number of aliphatic hydroxyl groups is 1. The van der Waals surface area contributed by atoms with Crippen molar-refractivity contribution >= 4 is 6.09 Å². The minimum atomic E-state index is -0.514. The molecule has 1 aliphatic carbocycles. The second-order valence-corrected chi connectivity index (χ2v) is 9.35. The van der Waals surface area contributed by atoms with Gasteiger partial charge in [0.25, 0.3) is 0 Å². The summed E-state index contributed by atoms with van der Waals surface area (Å²) in [6.45, 7) is 0.598. The Morgan fingerprint density at radius 2 is 1.27 bits per heavy atom. The van der Waals surface area contributed by atoms with Gasteiger partial charge in [0.05, 0.1) is 6.61 Å². The van der Waals surface area contributed by atoms with Gasteiger partial charge in [-0.15, -0.1) is 0 Å². The summed E-state index contributed by atoms with van der Waals surface area (Å²) in [6.07, 6.45) is 3.89. The van der Waals surface area contributed by atoms with Crippen molar-refractivity contribution in [2.75, 3.05) is 19.8 Å². The number of carbonyl (C=O) groups is 1. The Bertz CT molecular complexity index is 1280. The zero-order valence-electron chi connectivity index (χ0n) is 20.7. The SMILES string of the molecule is O=C(NCC(C/C=C/CO)(c1ccccc1)c1ccccc1)OCC1c2ccccc2-c2ccccc21. The minimum Gasteiger partial charge on any atom is -0.449 e. The Morgan fingerprint density at radius 1 is 0.757 bits per heavy atom. The van der Waals surface area contributed by atoms with Gasteiger partial charge in [0.2, 0.25) is 0 Å². The van der Waals surface area contributed by atoms with E-state index >= 15 is 0 Å². The molecule has 0 bridgehead atoms. The number of nitrogens with one attached hydrogen (secondary N) is 1. The highest BCUT2D eigenvalue weighted by molar-refractivity contribution is 5.79. The van der Waals surface area contributed by atoms with Crippen LogP contribution in [0.4, 0.5) is 4.79 Å². The summed E-state index contributed by atoms with van der Waals surface area (Å²) >= 11 is 0. The molecule has 0 saturated carbocycles. The molecule has 2 N–H and O–H groups in total. The Morgan fingerprint density at radius 3 is 1.81 bits per heavy atom. The van der Waals surface area contributed by atoms with Gasteiger partial charge in [0.1, 0.15) is 6.61 Å². The molecule has 0 fully saturated rings. The molecule has 0 spiro atoms. The van der Waals surface area contributed by atoms with Crippen LogP contribution in [0.3, 0.4) is 0 Å². The van der Waals surface area contributed by atoms with E-state index in [2.05, 4.69) is 53.8 Å². The lowest BCUT2D eigenvalue weighted by molar-refractivity contribution is 0.141. The molecule has 0 radical (unpaired) electrons. The van der Waals surface area contributed by atoms with E-state index in [9.17, 15) is 9.90 Å². The van der Waals surface area contributed by atoms with Crippen LogP contribution in [-0.2, 0) is 10.2 Å². The van der Waals surface area contributed by atoms with Gasteiger partial charge in [0, 0.05) is 17.9 Å². The van der Waals surface area contributed by atoms with Crippen LogP contribution in [0.15, 0.2) is 121 Å². The van der Waals surface area contributed by atoms with Crippen LogP contribution in [-0.4, -0.2) is 31.0 Å². The Labute approximate surface area is 218 Å². The van der Waals surface area contributed by atoms with Crippen molar-refractivity contribution in [3.05, 3.63) is 144 Å². The van der Waals surface area contributed by atoms with Gasteiger partial charge < -0.3 is 15.2 Å². The highest BCUT2D eigenvalue weighted by Gasteiger charge is 2.34. The molecule has 4 aromatic carbocycles. The maximum Gasteiger partial charge on any atom is 0.407 e. The number of allylic oxidation sites excluding steroid dienone is 1. The first-order chi connectivity index (χ1) is 18.2. The van der Waals surface area contributed by atoms with Crippen LogP contribution in [0.25, 0.3) is 11.1 Å². The molecule has 1 amide bonds. The van der Waals surface area contributed by atoms with Gasteiger partial charge in [0.15, 0.2) is 0 Å². The topological polar surface area (TPSA) is 58.6 Å². The fourth-order valence-corrected chi connectivity index (χ4v) is 5.42. The van der Waals surface area contributed by atoms with Crippen LogP contribution in [0.2, 0.25) is 0 Å². The second-order valence-electron chi connectivity index (χ2n) is 9.35. The number of carbonyl (C=O) groups excluding carboxylic acids is 1. The molecule has 1 aliphatic rings. The monoisotopic (exact) mass is 489 g/mol. The number of aliphatic hydroxyl groups excluding tert-OH is 1. The Hall–Kier alpha value is -4.15. The third-order valence-corrected chi connectivity index (χ3v) is 7.27. The predicted molar refractivity (Wildman–Crippen MR) is 148 cm³/mol. The highest BCUT2D eigenvalue weighted by atomic mass is 16.5. The zero-order valence-corrected chi connectivity index (χ0v) is 20.7. The van der Waals surface area contributed by atoms with Gasteiger partial charge in [-0.2, -0.15) is 0 Å². The van der Waals surface area contributed by atoms with Crippen molar-refractivity contribution in [1.29, 1.82) is 0 Å². The lowest BCUT2D eigenvalue weighted by Crippen LogP contribution is -2.42. The number of hydrogen-bond donors (Lipinski definition) is 2. The summed E-state index contributed by atoms with van der Waals surface area (Å²) < 4.78 is 5.82. The quantitative estimate of drug-likeness (QED) is 0.266. The van der Waals surface area contributed by atoms with Gasteiger partial charge in [-0.05, 0) is 39.8 Å². The summed E-state index contributed by atoms with van der Waals surface area (Å²) in [7, 11) is 0. The molecule has 0 heterocycles. The van der Waals surface area contributed by atoms with E-state index in [1.807, 2.05) is 66.7 Å². The number of hydrogen-bond acceptors (Lipinski definition) is 3. The third kappa shape index (κ3) is 5.07. The number of alkyl carbamates (subject to hydrolysis) is 1. The first kappa shape index (κ1) is 24.5. The smallest absolute Gasteiger partial charge is 0.407 e. The standard InChI is InChI=1S/C33H31NO3/c35-22-12-11-21-33(25-13-3-1-4-14-25,26-15-5-2-6-16-26)24-34-32(36)37-23-31-29-19-9-7-17-27(29)28-18-8-10-20-30(28)31/h1-20,31,35H,21-24H2,(H,34,36)/b12-11+. The molecular weight excluding hydrogens is 458 g/mol. The lowest BCUT2D eigenvalue weighted by Gasteiger charge is -2.34. The fraction of sp³-hybridized carbons (Fsp3) is 0.182. The molecule has 4 heteroatoms. The number of benzene rings is 4. The van der Waals surface area contributed by atoms with Crippen LogP contribution < -0.4 is 5.32 Å². The summed E-state index contributed by atoms with van der Waals surface area (Å²) in [5.41, 5.74) is 6.44. The molecular formula is C33H31NO3. The number of ether oxygens (including phenoxy) is 1. The molecule has 0 aromatic heterocycles. The van der Waals surface area contributed by atoms with Crippen molar-refractivity contribution in [3.8, 4) is 11.1 Å². The molecule has 0 unspecified atom stereocenters. The van der Waals surface area contributed by atoms with Crippen molar-refractivity contribution in [3.63, 3.8) is 0 Å². The van der Waals surface area contributed by atoms with E-state index in [1.54, 1.807) is 6.08 Å². The van der Waals surface area contributed by atoms with Crippen molar-refractivity contribution in [2.45, 2.75) is 17.8 Å². The van der Waals surface area contributed by atoms with E-state index in [0.29, 0.717) is 13.0 Å². The Kier molecular flexibility index (Phi) is 7.48. The van der Waals surface area contributed by atoms with E-state index in [4.69, 9.17) is 4.74 Å². The maximum absolute atomic E-state index is 13.1. The number of fused-ring (bicyclic) bond motifs is 3. The first-order valence-corrected chi connectivity index (χ1v) is 12.7. The average Bonchev–Trinajstić information content (AvgIpc) is 3.28. The van der Waals surface area contributed by atoms with Crippen molar-refractivity contribution in [1.82, 2.24) is 5.32 Å². The maximum atomic E-state index is 13.1. The summed E-state index contributed by atoms with van der Waals surface area (Å²) in [6, 6.07) is 37.0. The van der Waals surface area contributed by atoms with Gasteiger partial charge in [-0.1, -0.05) is 121 Å². The molecule has 0 atom stereocenters. The number of rotatable bonds is 9. The number of amides is 1. The minimum absolute atomic E-state index is 0.0126. The summed E-state index contributed by atoms with van der Waals surface area (Å²) in [5, 5.41) is 12.4. The highest BCUT2D eigenvalue weighted by Crippen LogP contribution is 2.44. The van der Waals surface area contributed by atoms with Gasteiger partial charge in [-0.3, -0.25) is 0 Å². The fourth-order valence-electron chi connectivity index (χ4n) is 5.42. The molecule has 4 aromatic rings. The van der Waals surface area contributed by atoms with Gasteiger partial charge >= 0.3 is 6.09 Å². The van der Waals surface area contributed by atoms with Crippen LogP contribution in [0, 0.1) is 0 Å².